The molecule has 0 spiro atoms. The summed E-state index contributed by atoms with van der Waals surface area (Å²) < 4.78 is 0. The predicted molar refractivity (Wildman–Crippen MR) is 68.6 cm³/mol. The zero-order chi connectivity index (χ0) is 10.9. The summed E-state index contributed by atoms with van der Waals surface area (Å²) in [6.45, 7) is 6.30. The number of likely N-dealkylation sites (tertiary alicyclic amines) is 1. The summed E-state index contributed by atoms with van der Waals surface area (Å²) >= 11 is 5.67. The summed E-state index contributed by atoms with van der Waals surface area (Å²) in [5.41, 5.74) is 0. The van der Waals surface area contributed by atoms with E-state index in [0.29, 0.717) is 0 Å². The monoisotopic (exact) mass is 231 g/mol. The number of rotatable bonds is 6. The molecule has 0 aromatic heterocycles. The van der Waals surface area contributed by atoms with Crippen LogP contribution < -0.4 is 0 Å². The molecule has 0 saturated carbocycles. The van der Waals surface area contributed by atoms with Crippen LogP contribution in [0.3, 0.4) is 0 Å². The molecule has 0 amide bonds. The molecule has 2 heteroatoms. The summed E-state index contributed by atoms with van der Waals surface area (Å²) in [6, 6.07) is 0. The first-order chi connectivity index (χ1) is 7.36. The average Bonchev–Trinajstić information content (AvgIpc) is 2.49. The Labute approximate surface area is 100 Å². The SMILES string of the molecule is CCC1CCCN(CCCCCCl)CC1. The molecule has 0 radical (unpaired) electrons. The van der Waals surface area contributed by atoms with Gasteiger partial charge in [0.25, 0.3) is 0 Å². The standard InChI is InChI=1S/C13H26ClN/c1-2-13-7-6-11-15(12-8-13)10-5-3-4-9-14/h13H,2-12H2,1H3. The molecule has 1 fully saturated rings. The lowest BCUT2D eigenvalue weighted by atomic mass is 9.98. The maximum Gasteiger partial charge on any atom is 0.0223 e. The Bertz CT molecular complexity index is 149. The highest BCUT2D eigenvalue weighted by atomic mass is 35.5. The number of hydrogen-bond acceptors (Lipinski definition) is 1. The van der Waals surface area contributed by atoms with E-state index in [2.05, 4.69) is 11.8 Å². The molecule has 1 aliphatic heterocycles. The molecule has 15 heavy (non-hydrogen) atoms. The fourth-order valence-electron chi connectivity index (χ4n) is 2.46. The van der Waals surface area contributed by atoms with E-state index in [1.807, 2.05) is 0 Å². The summed E-state index contributed by atoms with van der Waals surface area (Å²) in [4.78, 5) is 2.66. The van der Waals surface area contributed by atoms with Gasteiger partial charge >= 0.3 is 0 Å². The van der Waals surface area contributed by atoms with Crippen molar-refractivity contribution in [2.45, 2.75) is 51.9 Å². The predicted octanol–water partition coefficient (Wildman–Crippen LogP) is 3.91. The minimum Gasteiger partial charge on any atom is -0.303 e. The molecule has 0 aliphatic carbocycles. The topological polar surface area (TPSA) is 3.24 Å². The molecular weight excluding hydrogens is 206 g/mol. The van der Waals surface area contributed by atoms with Gasteiger partial charge < -0.3 is 4.90 Å². The van der Waals surface area contributed by atoms with Gasteiger partial charge in [-0.25, -0.2) is 0 Å². The van der Waals surface area contributed by atoms with Gasteiger partial charge in [-0.1, -0.05) is 19.8 Å². The Morgan fingerprint density at radius 3 is 2.73 bits per heavy atom. The van der Waals surface area contributed by atoms with Gasteiger partial charge in [0.1, 0.15) is 0 Å². The third-order valence-corrected chi connectivity index (χ3v) is 3.89. The Morgan fingerprint density at radius 1 is 1.13 bits per heavy atom. The van der Waals surface area contributed by atoms with E-state index in [9.17, 15) is 0 Å². The van der Waals surface area contributed by atoms with Crippen LogP contribution in [-0.4, -0.2) is 30.4 Å². The normalized spacial score (nSPS) is 24.0. The molecule has 90 valence electrons. The van der Waals surface area contributed by atoms with Crippen LogP contribution in [0.15, 0.2) is 0 Å². The molecule has 0 bridgehead atoms. The number of unbranched alkanes of at least 4 members (excludes halogenated alkanes) is 2. The lowest BCUT2D eigenvalue weighted by Gasteiger charge is -2.19. The van der Waals surface area contributed by atoms with Crippen molar-refractivity contribution in [1.82, 2.24) is 4.90 Å². The zero-order valence-corrected chi connectivity index (χ0v) is 10.9. The van der Waals surface area contributed by atoms with E-state index in [0.717, 1.165) is 11.8 Å². The third kappa shape index (κ3) is 5.77. The van der Waals surface area contributed by atoms with Gasteiger partial charge in [0.15, 0.2) is 0 Å². The molecule has 0 aromatic rings. The first-order valence-electron chi connectivity index (χ1n) is 6.65. The van der Waals surface area contributed by atoms with Crippen molar-refractivity contribution in [2.24, 2.45) is 5.92 Å². The van der Waals surface area contributed by atoms with Crippen molar-refractivity contribution < 1.29 is 0 Å². The van der Waals surface area contributed by atoms with Crippen LogP contribution >= 0.6 is 11.6 Å². The summed E-state index contributed by atoms with van der Waals surface area (Å²) in [5.74, 6) is 1.83. The van der Waals surface area contributed by atoms with Gasteiger partial charge in [0.05, 0.1) is 0 Å². The first-order valence-corrected chi connectivity index (χ1v) is 7.18. The van der Waals surface area contributed by atoms with Gasteiger partial charge in [-0.3, -0.25) is 0 Å². The second-order valence-electron chi connectivity index (χ2n) is 4.80. The quantitative estimate of drug-likeness (QED) is 0.495. The Kier molecular flexibility index (Phi) is 7.46. The molecule has 1 nitrogen and oxygen atoms in total. The molecule has 1 aliphatic rings. The highest BCUT2D eigenvalue weighted by Crippen LogP contribution is 2.20. The highest BCUT2D eigenvalue weighted by Gasteiger charge is 2.14. The lowest BCUT2D eigenvalue weighted by molar-refractivity contribution is 0.274. The maximum absolute atomic E-state index is 5.67. The molecule has 1 saturated heterocycles. The Hall–Kier alpha value is 0.250. The van der Waals surface area contributed by atoms with Crippen LogP contribution in [0.5, 0.6) is 0 Å². The van der Waals surface area contributed by atoms with Crippen molar-refractivity contribution in [3.05, 3.63) is 0 Å². The van der Waals surface area contributed by atoms with E-state index in [1.165, 1.54) is 64.6 Å². The van der Waals surface area contributed by atoms with Crippen LogP contribution in [0.4, 0.5) is 0 Å². The van der Waals surface area contributed by atoms with E-state index >= 15 is 0 Å². The molecule has 0 aromatic carbocycles. The van der Waals surface area contributed by atoms with Gasteiger partial charge in [-0.05, 0) is 57.7 Å². The smallest absolute Gasteiger partial charge is 0.0223 e. The van der Waals surface area contributed by atoms with Crippen molar-refractivity contribution in [3.8, 4) is 0 Å². The van der Waals surface area contributed by atoms with Crippen molar-refractivity contribution in [2.75, 3.05) is 25.5 Å². The van der Waals surface area contributed by atoms with Crippen molar-refractivity contribution in [1.29, 1.82) is 0 Å². The van der Waals surface area contributed by atoms with Crippen LogP contribution in [0.25, 0.3) is 0 Å². The molecule has 1 atom stereocenters. The second-order valence-corrected chi connectivity index (χ2v) is 5.17. The van der Waals surface area contributed by atoms with E-state index in [4.69, 9.17) is 11.6 Å². The van der Waals surface area contributed by atoms with Crippen molar-refractivity contribution in [3.63, 3.8) is 0 Å². The summed E-state index contributed by atoms with van der Waals surface area (Å²) in [7, 11) is 0. The molecular formula is C13H26ClN. The fourth-order valence-corrected chi connectivity index (χ4v) is 2.65. The van der Waals surface area contributed by atoms with Crippen LogP contribution in [0, 0.1) is 5.92 Å². The average molecular weight is 232 g/mol. The van der Waals surface area contributed by atoms with Crippen LogP contribution in [0.2, 0.25) is 0 Å². The minimum atomic E-state index is 0.831. The number of hydrogen-bond donors (Lipinski definition) is 0. The number of nitrogens with zero attached hydrogens (tertiary/aromatic N) is 1. The van der Waals surface area contributed by atoms with E-state index in [1.54, 1.807) is 0 Å². The molecule has 1 unspecified atom stereocenters. The zero-order valence-electron chi connectivity index (χ0n) is 10.2. The Balaban J connectivity index is 2.08. The van der Waals surface area contributed by atoms with Crippen molar-refractivity contribution >= 4 is 11.6 Å². The van der Waals surface area contributed by atoms with Gasteiger partial charge in [-0.15, -0.1) is 11.6 Å². The maximum atomic E-state index is 5.67. The molecule has 1 rings (SSSR count). The summed E-state index contributed by atoms with van der Waals surface area (Å²) in [6.07, 6.45) is 9.49. The molecule has 1 heterocycles. The van der Waals surface area contributed by atoms with E-state index < -0.39 is 0 Å². The van der Waals surface area contributed by atoms with Crippen LogP contribution in [0.1, 0.15) is 51.9 Å². The summed E-state index contributed by atoms with van der Waals surface area (Å²) in [5, 5.41) is 0. The highest BCUT2D eigenvalue weighted by molar-refractivity contribution is 6.17. The van der Waals surface area contributed by atoms with Gasteiger partial charge in [-0.2, -0.15) is 0 Å². The Morgan fingerprint density at radius 2 is 2.00 bits per heavy atom. The number of alkyl halides is 1. The van der Waals surface area contributed by atoms with Gasteiger partial charge in [0, 0.05) is 5.88 Å². The molecule has 0 N–H and O–H groups in total. The largest absolute Gasteiger partial charge is 0.303 e. The van der Waals surface area contributed by atoms with Gasteiger partial charge in [0.2, 0.25) is 0 Å². The second kappa shape index (κ2) is 8.41. The minimum absolute atomic E-state index is 0.831. The lowest BCUT2D eigenvalue weighted by Crippen LogP contribution is -2.26. The van der Waals surface area contributed by atoms with Crippen LogP contribution in [-0.2, 0) is 0 Å². The first kappa shape index (κ1) is 13.3. The fraction of sp³-hybridized carbons (Fsp3) is 1.00. The third-order valence-electron chi connectivity index (χ3n) is 3.63. The number of halogens is 1. The van der Waals surface area contributed by atoms with E-state index in [-0.39, 0.29) is 0 Å².